The fourth-order valence-corrected chi connectivity index (χ4v) is 5.22. The van der Waals surface area contributed by atoms with E-state index >= 15 is 0 Å². The first-order valence-electron chi connectivity index (χ1n) is 9.29. The highest BCUT2D eigenvalue weighted by Gasteiger charge is 2.42. The summed E-state index contributed by atoms with van der Waals surface area (Å²) < 4.78 is 2.39. The SMILES string of the molecule is O=C1C2=C(C(=O)c3ccccc31)c1c3n(c4ccccc14)CCCC3C2. The molecular weight excluding hydrogens is 322 g/mol. The summed E-state index contributed by atoms with van der Waals surface area (Å²) in [5, 5.41) is 1.11. The molecule has 3 aromatic rings. The summed E-state index contributed by atoms with van der Waals surface area (Å²) in [6.07, 6.45) is 2.90. The molecule has 1 aliphatic heterocycles. The standard InChI is InChI=1S/C23H17NO2/c25-22-14-7-1-2-8-15(14)23(26)20-17(22)12-13-6-5-11-24-18-10-4-3-9-16(18)19(20)21(13)24/h1-4,7-10,13H,5-6,11-12H2. The van der Waals surface area contributed by atoms with Crippen molar-refractivity contribution >= 4 is 28.0 Å². The number of aromatic nitrogens is 1. The van der Waals surface area contributed by atoms with Crippen molar-refractivity contribution in [3.05, 3.63) is 76.5 Å². The van der Waals surface area contributed by atoms with Gasteiger partial charge in [0.25, 0.3) is 0 Å². The van der Waals surface area contributed by atoms with Gasteiger partial charge in [0, 0.05) is 56.9 Å². The van der Waals surface area contributed by atoms with E-state index in [-0.39, 0.29) is 11.6 Å². The molecule has 1 unspecified atom stereocenters. The van der Waals surface area contributed by atoms with Gasteiger partial charge in [-0.2, -0.15) is 0 Å². The minimum atomic E-state index is 0.0124. The molecule has 3 heteroatoms. The van der Waals surface area contributed by atoms with Crippen molar-refractivity contribution in [2.75, 3.05) is 0 Å². The molecule has 0 fully saturated rings. The number of para-hydroxylation sites is 1. The molecule has 6 rings (SSSR count). The highest BCUT2D eigenvalue weighted by Crippen LogP contribution is 2.50. The lowest BCUT2D eigenvalue weighted by atomic mass is 9.71. The maximum atomic E-state index is 13.4. The minimum absolute atomic E-state index is 0.0124. The highest BCUT2D eigenvalue weighted by molar-refractivity contribution is 6.42. The smallest absolute Gasteiger partial charge is 0.194 e. The van der Waals surface area contributed by atoms with Crippen molar-refractivity contribution in [1.82, 2.24) is 4.57 Å². The number of Topliss-reactive ketones (excluding diaryl/α,β-unsaturated/α-hetero) is 2. The van der Waals surface area contributed by atoms with Crippen LogP contribution in [0.15, 0.2) is 54.1 Å². The summed E-state index contributed by atoms with van der Waals surface area (Å²) in [5.41, 5.74) is 6.01. The second kappa shape index (κ2) is 4.82. The molecule has 3 nitrogen and oxygen atoms in total. The number of carbonyl (C=O) groups is 2. The van der Waals surface area contributed by atoms with Gasteiger partial charge in [0.05, 0.1) is 0 Å². The normalized spacial score (nSPS) is 20.8. The summed E-state index contributed by atoms with van der Waals surface area (Å²) in [4.78, 5) is 26.6. The Labute approximate surface area is 150 Å². The maximum Gasteiger partial charge on any atom is 0.194 e. The number of rotatable bonds is 0. The van der Waals surface area contributed by atoms with Crippen LogP contribution < -0.4 is 0 Å². The fraction of sp³-hybridized carbons (Fsp3) is 0.217. The van der Waals surface area contributed by atoms with Gasteiger partial charge in [0.2, 0.25) is 0 Å². The molecule has 0 bridgehead atoms. The third-order valence-electron chi connectivity index (χ3n) is 6.25. The number of ketones is 2. The second-order valence-electron chi connectivity index (χ2n) is 7.53. The molecule has 0 spiro atoms. The molecular formula is C23H17NO2. The zero-order chi connectivity index (χ0) is 17.4. The predicted molar refractivity (Wildman–Crippen MR) is 101 cm³/mol. The molecule has 3 aliphatic rings. The Bertz CT molecular complexity index is 1180. The number of aryl methyl sites for hydroxylation is 1. The van der Waals surface area contributed by atoms with Crippen molar-refractivity contribution in [3.63, 3.8) is 0 Å². The molecule has 0 saturated heterocycles. The molecule has 1 atom stereocenters. The van der Waals surface area contributed by atoms with Gasteiger partial charge in [0.1, 0.15) is 0 Å². The van der Waals surface area contributed by atoms with E-state index < -0.39 is 0 Å². The molecule has 1 aromatic heterocycles. The van der Waals surface area contributed by atoms with Gasteiger partial charge in [-0.15, -0.1) is 0 Å². The molecule has 126 valence electrons. The largest absolute Gasteiger partial charge is 0.344 e. The zero-order valence-corrected chi connectivity index (χ0v) is 14.3. The Morgan fingerprint density at radius 1 is 0.885 bits per heavy atom. The van der Waals surface area contributed by atoms with Gasteiger partial charge >= 0.3 is 0 Å². The molecule has 26 heavy (non-hydrogen) atoms. The van der Waals surface area contributed by atoms with E-state index in [1.54, 1.807) is 12.1 Å². The van der Waals surface area contributed by atoms with Crippen LogP contribution in [0.1, 0.15) is 57.2 Å². The summed E-state index contributed by atoms with van der Waals surface area (Å²) >= 11 is 0. The first-order chi connectivity index (χ1) is 12.8. The molecule has 0 saturated carbocycles. The summed E-state index contributed by atoms with van der Waals surface area (Å²) in [6, 6.07) is 15.6. The number of carbonyl (C=O) groups excluding carboxylic acids is 2. The van der Waals surface area contributed by atoms with Gasteiger partial charge in [-0.05, 0) is 25.3 Å². The number of nitrogens with zero attached hydrogens (tertiary/aromatic N) is 1. The minimum Gasteiger partial charge on any atom is -0.344 e. The summed E-state index contributed by atoms with van der Waals surface area (Å²) in [7, 11) is 0. The number of hydrogen-bond acceptors (Lipinski definition) is 2. The average Bonchev–Trinajstić information content (AvgIpc) is 3.03. The van der Waals surface area contributed by atoms with Gasteiger partial charge in [-0.25, -0.2) is 0 Å². The topological polar surface area (TPSA) is 39.1 Å². The number of benzene rings is 2. The molecule has 2 aromatic carbocycles. The van der Waals surface area contributed by atoms with Crippen LogP contribution in [0.2, 0.25) is 0 Å². The third kappa shape index (κ3) is 1.59. The van der Waals surface area contributed by atoms with Crippen molar-refractivity contribution in [2.45, 2.75) is 31.7 Å². The van der Waals surface area contributed by atoms with Crippen LogP contribution >= 0.6 is 0 Å². The third-order valence-corrected chi connectivity index (χ3v) is 6.25. The van der Waals surface area contributed by atoms with Crippen molar-refractivity contribution in [1.29, 1.82) is 0 Å². The number of allylic oxidation sites excluding steroid dienone is 2. The van der Waals surface area contributed by atoms with Crippen molar-refractivity contribution in [2.24, 2.45) is 0 Å². The Hall–Kier alpha value is -2.94. The van der Waals surface area contributed by atoms with Gasteiger partial charge in [0.15, 0.2) is 11.6 Å². The van der Waals surface area contributed by atoms with E-state index in [2.05, 4.69) is 22.8 Å². The Morgan fingerprint density at radius 3 is 2.46 bits per heavy atom. The van der Waals surface area contributed by atoms with Crippen molar-refractivity contribution < 1.29 is 9.59 Å². The van der Waals surface area contributed by atoms with E-state index in [1.807, 2.05) is 18.2 Å². The summed E-state index contributed by atoms with van der Waals surface area (Å²) in [6.45, 7) is 0.994. The first kappa shape index (κ1) is 14.3. The highest BCUT2D eigenvalue weighted by atomic mass is 16.1. The average molecular weight is 339 g/mol. The quantitative estimate of drug-likeness (QED) is 0.592. The molecule has 2 heterocycles. The van der Waals surface area contributed by atoms with Crippen LogP contribution in [0.4, 0.5) is 0 Å². The van der Waals surface area contributed by atoms with Gasteiger partial charge in [-0.1, -0.05) is 42.5 Å². The number of fused-ring (bicyclic) bond motifs is 5. The zero-order valence-electron chi connectivity index (χ0n) is 14.3. The molecule has 0 amide bonds. The first-order valence-corrected chi connectivity index (χ1v) is 9.29. The van der Waals surface area contributed by atoms with Crippen LogP contribution in [0.3, 0.4) is 0 Å². The predicted octanol–water partition coefficient (Wildman–Crippen LogP) is 4.76. The lowest BCUT2D eigenvalue weighted by Gasteiger charge is -2.34. The van der Waals surface area contributed by atoms with Crippen molar-refractivity contribution in [3.8, 4) is 0 Å². The van der Waals surface area contributed by atoms with E-state index in [4.69, 9.17) is 0 Å². The fourth-order valence-electron chi connectivity index (χ4n) is 5.22. The molecule has 0 N–H and O–H groups in total. The van der Waals surface area contributed by atoms with E-state index in [9.17, 15) is 9.59 Å². The lowest BCUT2D eigenvalue weighted by molar-refractivity contribution is 0.0986. The summed E-state index contributed by atoms with van der Waals surface area (Å²) in [5.74, 6) is 0.397. The van der Waals surface area contributed by atoms with Crippen LogP contribution in [0.5, 0.6) is 0 Å². The van der Waals surface area contributed by atoms with Gasteiger partial charge < -0.3 is 4.57 Å². The number of hydrogen-bond donors (Lipinski definition) is 0. The Balaban J connectivity index is 1.74. The van der Waals surface area contributed by atoms with E-state index in [0.29, 0.717) is 29.0 Å². The lowest BCUT2D eigenvalue weighted by Crippen LogP contribution is -2.28. The van der Waals surface area contributed by atoms with Crippen LogP contribution in [-0.2, 0) is 6.54 Å². The van der Waals surface area contributed by atoms with Crippen LogP contribution in [0.25, 0.3) is 16.5 Å². The Morgan fingerprint density at radius 2 is 1.62 bits per heavy atom. The van der Waals surface area contributed by atoms with Crippen LogP contribution in [0, 0.1) is 0 Å². The van der Waals surface area contributed by atoms with Gasteiger partial charge in [-0.3, -0.25) is 9.59 Å². The van der Waals surface area contributed by atoms with E-state index in [0.717, 1.165) is 35.9 Å². The monoisotopic (exact) mass is 339 g/mol. The maximum absolute atomic E-state index is 13.4. The molecule has 0 radical (unpaired) electrons. The molecule has 2 aliphatic carbocycles. The Kier molecular flexibility index (Phi) is 2.64. The van der Waals surface area contributed by atoms with Crippen LogP contribution in [-0.4, -0.2) is 16.1 Å². The van der Waals surface area contributed by atoms with E-state index in [1.165, 1.54) is 11.2 Å². The second-order valence-corrected chi connectivity index (χ2v) is 7.53.